The Balaban J connectivity index is 2.34. The van der Waals surface area contributed by atoms with Gasteiger partial charge in [-0.2, -0.15) is 0 Å². The molecule has 1 amide bonds. The molecule has 2 aromatic rings. The molecule has 1 aromatic heterocycles. The van der Waals surface area contributed by atoms with Crippen molar-refractivity contribution in [2.24, 2.45) is 5.73 Å². The minimum atomic E-state index is -0.445. The summed E-state index contributed by atoms with van der Waals surface area (Å²) in [6.07, 6.45) is 0.0431. The Bertz CT molecular complexity index is 658. The lowest BCUT2D eigenvalue weighted by atomic mass is 10.2. The van der Waals surface area contributed by atoms with Crippen LogP contribution in [0.15, 0.2) is 23.0 Å². The fraction of sp³-hybridized carbons (Fsp3) is 0.0909. The van der Waals surface area contributed by atoms with Crippen LogP contribution in [0.1, 0.15) is 12.0 Å². The van der Waals surface area contributed by atoms with Gasteiger partial charge in [0.2, 0.25) is 5.91 Å². The van der Waals surface area contributed by atoms with Crippen LogP contribution in [-0.2, 0) is 4.79 Å². The van der Waals surface area contributed by atoms with Gasteiger partial charge in [-0.25, -0.2) is 0 Å². The Morgan fingerprint density at radius 2 is 2.31 bits per heavy atom. The Morgan fingerprint density at radius 1 is 1.50 bits per heavy atom. The van der Waals surface area contributed by atoms with Gasteiger partial charge in [0.1, 0.15) is 0 Å². The summed E-state index contributed by atoms with van der Waals surface area (Å²) in [4.78, 5) is 24.2. The summed E-state index contributed by atoms with van der Waals surface area (Å²) in [7, 11) is 0. The molecule has 0 saturated heterocycles. The summed E-state index contributed by atoms with van der Waals surface area (Å²) < 4.78 is 0.857. The van der Waals surface area contributed by atoms with Gasteiger partial charge in [-0.15, -0.1) is 0 Å². The van der Waals surface area contributed by atoms with Crippen molar-refractivity contribution in [1.29, 1.82) is 0 Å². The molecule has 0 saturated carbocycles. The van der Waals surface area contributed by atoms with Crippen LogP contribution in [0.4, 0.5) is 0 Å². The number of carbonyl (C=O) groups excluding carboxylic acids is 1. The lowest BCUT2D eigenvalue weighted by Crippen LogP contribution is -2.08. The van der Waals surface area contributed by atoms with Crippen molar-refractivity contribution >= 4 is 27.5 Å². The number of carbonyl (C=O) groups is 1. The van der Waals surface area contributed by atoms with E-state index in [1.54, 1.807) is 12.1 Å². The molecule has 0 aliphatic rings. The van der Waals surface area contributed by atoms with Crippen LogP contribution in [0.5, 0.6) is 0 Å². The van der Waals surface area contributed by atoms with E-state index in [4.69, 9.17) is 5.73 Å². The van der Waals surface area contributed by atoms with Crippen LogP contribution >= 0.6 is 11.3 Å². The number of aromatic amines is 1. The highest BCUT2D eigenvalue weighted by Gasteiger charge is 1.98. The number of rotatable bonds is 1. The van der Waals surface area contributed by atoms with E-state index in [1.807, 2.05) is 6.07 Å². The Labute approximate surface area is 95.1 Å². The number of nitrogens with one attached hydrogen (secondary N) is 1. The van der Waals surface area contributed by atoms with E-state index in [0.29, 0.717) is 0 Å². The minimum Gasteiger partial charge on any atom is -0.369 e. The number of fused-ring (bicyclic) bond motifs is 1. The monoisotopic (exact) mass is 232 g/mol. The van der Waals surface area contributed by atoms with Gasteiger partial charge in [-0.3, -0.25) is 9.59 Å². The third-order valence-corrected chi connectivity index (χ3v) is 2.76. The van der Waals surface area contributed by atoms with Gasteiger partial charge in [0, 0.05) is 5.56 Å². The highest BCUT2D eigenvalue weighted by Crippen LogP contribution is 2.15. The summed E-state index contributed by atoms with van der Waals surface area (Å²) in [6, 6.07) is 5.40. The van der Waals surface area contributed by atoms with Gasteiger partial charge >= 0.3 is 4.87 Å². The molecule has 16 heavy (non-hydrogen) atoms. The number of nitrogens with two attached hydrogens (primary N) is 1. The molecule has 2 rings (SSSR count). The topological polar surface area (TPSA) is 76.0 Å². The number of hydrogen-bond acceptors (Lipinski definition) is 3. The molecule has 3 N–H and O–H groups in total. The van der Waals surface area contributed by atoms with Gasteiger partial charge in [0.25, 0.3) is 0 Å². The minimum absolute atomic E-state index is 0.0431. The number of thiazole rings is 1. The van der Waals surface area contributed by atoms with E-state index in [0.717, 1.165) is 27.1 Å². The molecule has 0 aliphatic heterocycles. The average molecular weight is 232 g/mol. The second-order valence-corrected chi connectivity index (χ2v) is 4.19. The SMILES string of the molecule is NC(=O)CC#Cc1ccc2[nH]c(=O)sc2c1. The van der Waals surface area contributed by atoms with Gasteiger partial charge in [-0.05, 0) is 18.2 Å². The largest absolute Gasteiger partial charge is 0.369 e. The molecule has 4 nitrogen and oxygen atoms in total. The molecule has 0 spiro atoms. The molecule has 5 heteroatoms. The maximum atomic E-state index is 11.1. The quantitative estimate of drug-likeness (QED) is 0.714. The van der Waals surface area contributed by atoms with Crippen LogP contribution < -0.4 is 10.6 Å². The van der Waals surface area contributed by atoms with Gasteiger partial charge in [-0.1, -0.05) is 23.2 Å². The molecule has 0 bridgehead atoms. The second-order valence-electron chi connectivity index (χ2n) is 3.17. The Kier molecular flexibility index (Phi) is 2.75. The maximum absolute atomic E-state index is 11.1. The summed E-state index contributed by atoms with van der Waals surface area (Å²) >= 11 is 1.14. The van der Waals surface area contributed by atoms with Gasteiger partial charge in [0.15, 0.2) is 0 Å². The van der Waals surface area contributed by atoms with E-state index in [9.17, 15) is 9.59 Å². The molecular formula is C11H8N2O2S. The molecular weight excluding hydrogens is 224 g/mol. The lowest BCUT2D eigenvalue weighted by Gasteiger charge is -1.90. The fourth-order valence-corrected chi connectivity index (χ4v) is 2.03. The Hall–Kier alpha value is -2.06. The smallest absolute Gasteiger partial charge is 0.305 e. The first kappa shape index (κ1) is 10.5. The molecule has 80 valence electrons. The standard InChI is InChI=1S/C11H8N2O2S/c12-10(14)3-1-2-7-4-5-8-9(6-7)16-11(15)13-8/h4-6H,3H2,(H2,12,14)(H,13,15). The summed E-state index contributed by atoms with van der Waals surface area (Å²) in [5.41, 5.74) is 6.53. The first-order valence-corrected chi connectivity index (χ1v) is 5.37. The molecule has 1 heterocycles. The van der Waals surface area contributed by atoms with Crippen LogP contribution in [0, 0.1) is 11.8 Å². The van der Waals surface area contributed by atoms with Crippen molar-refractivity contribution in [3.8, 4) is 11.8 Å². The molecule has 0 radical (unpaired) electrons. The predicted molar refractivity (Wildman–Crippen MR) is 63.1 cm³/mol. The molecule has 0 fully saturated rings. The highest BCUT2D eigenvalue weighted by atomic mass is 32.1. The van der Waals surface area contributed by atoms with Crippen molar-refractivity contribution < 1.29 is 4.79 Å². The molecule has 0 aliphatic carbocycles. The summed E-state index contributed by atoms with van der Waals surface area (Å²) in [5, 5.41) is 0. The highest BCUT2D eigenvalue weighted by molar-refractivity contribution is 7.16. The van der Waals surface area contributed by atoms with Gasteiger partial charge in [0.05, 0.1) is 16.6 Å². The van der Waals surface area contributed by atoms with E-state index < -0.39 is 5.91 Å². The summed E-state index contributed by atoms with van der Waals surface area (Å²) in [6.45, 7) is 0. The van der Waals surface area contributed by atoms with Crippen molar-refractivity contribution in [1.82, 2.24) is 4.98 Å². The number of aromatic nitrogens is 1. The van der Waals surface area contributed by atoms with E-state index in [1.165, 1.54) is 0 Å². The lowest BCUT2D eigenvalue weighted by molar-refractivity contribution is -0.117. The van der Waals surface area contributed by atoms with E-state index in [-0.39, 0.29) is 11.3 Å². The van der Waals surface area contributed by atoms with Crippen molar-refractivity contribution in [2.75, 3.05) is 0 Å². The molecule has 1 aromatic carbocycles. The number of benzene rings is 1. The normalized spacial score (nSPS) is 9.75. The fourth-order valence-electron chi connectivity index (χ4n) is 1.26. The maximum Gasteiger partial charge on any atom is 0.305 e. The third kappa shape index (κ3) is 2.30. The van der Waals surface area contributed by atoms with Crippen LogP contribution in [0.3, 0.4) is 0 Å². The number of primary amides is 1. The Morgan fingerprint density at radius 3 is 3.06 bits per heavy atom. The number of hydrogen-bond donors (Lipinski definition) is 2. The molecule has 0 atom stereocenters. The van der Waals surface area contributed by atoms with Crippen molar-refractivity contribution in [3.63, 3.8) is 0 Å². The van der Waals surface area contributed by atoms with Crippen LogP contribution in [0.25, 0.3) is 10.2 Å². The first-order valence-electron chi connectivity index (χ1n) is 4.55. The first-order chi connectivity index (χ1) is 7.65. The zero-order valence-corrected chi connectivity index (χ0v) is 9.06. The average Bonchev–Trinajstić information content (AvgIpc) is 2.56. The van der Waals surface area contributed by atoms with Crippen LogP contribution in [0.2, 0.25) is 0 Å². The van der Waals surface area contributed by atoms with Gasteiger partial charge < -0.3 is 10.7 Å². The second kappa shape index (κ2) is 4.21. The summed E-state index contributed by atoms with van der Waals surface area (Å²) in [5.74, 6) is 5.04. The number of H-pyrrole nitrogens is 1. The number of amides is 1. The van der Waals surface area contributed by atoms with Crippen molar-refractivity contribution in [3.05, 3.63) is 33.4 Å². The van der Waals surface area contributed by atoms with E-state index >= 15 is 0 Å². The van der Waals surface area contributed by atoms with Crippen molar-refractivity contribution in [2.45, 2.75) is 6.42 Å². The third-order valence-electron chi connectivity index (χ3n) is 1.92. The predicted octanol–water partition coefficient (Wildman–Crippen LogP) is 0.817. The van der Waals surface area contributed by atoms with Crippen LogP contribution in [-0.4, -0.2) is 10.9 Å². The zero-order valence-electron chi connectivity index (χ0n) is 8.24. The zero-order chi connectivity index (χ0) is 11.5. The molecule has 0 unspecified atom stereocenters. The van der Waals surface area contributed by atoms with E-state index in [2.05, 4.69) is 16.8 Å².